The summed E-state index contributed by atoms with van der Waals surface area (Å²) in [4.78, 5) is 31.8. The van der Waals surface area contributed by atoms with Gasteiger partial charge < -0.3 is 19.5 Å². The van der Waals surface area contributed by atoms with Crippen molar-refractivity contribution in [2.75, 3.05) is 14.2 Å². The molecule has 2 aromatic carbocycles. The molecule has 1 N–H and O–H groups in total. The van der Waals surface area contributed by atoms with Crippen molar-refractivity contribution in [3.8, 4) is 11.5 Å². The van der Waals surface area contributed by atoms with E-state index < -0.39 is 17.7 Å². The summed E-state index contributed by atoms with van der Waals surface area (Å²) in [7, 11) is 2.99. The Morgan fingerprint density at radius 3 is 2.52 bits per heavy atom. The number of benzene rings is 2. The molecule has 1 aromatic heterocycles. The van der Waals surface area contributed by atoms with Gasteiger partial charge in [0, 0.05) is 29.0 Å². The Bertz CT molecular complexity index is 1240. The number of aliphatic hydroxyl groups excluding tert-OH is 1. The SMILES string of the molecule is COc1ccc(C(O)=C2C(=O)C(=O)N(Cc3cccnc3)[C@@H]2c2cccc(Br)c2)cc1OC. The molecule has 1 saturated heterocycles. The Morgan fingerprint density at radius 2 is 1.85 bits per heavy atom. The minimum Gasteiger partial charge on any atom is -0.507 e. The molecule has 1 fully saturated rings. The van der Waals surface area contributed by atoms with Crippen molar-refractivity contribution in [3.63, 3.8) is 0 Å². The van der Waals surface area contributed by atoms with Gasteiger partial charge in [-0.25, -0.2) is 0 Å². The van der Waals surface area contributed by atoms with Crippen LogP contribution in [0.2, 0.25) is 0 Å². The number of methoxy groups -OCH3 is 2. The number of carbonyl (C=O) groups excluding carboxylic acids is 2. The van der Waals surface area contributed by atoms with Gasteiger partial charge in [0.25, 0.3) is 11.7 Å². The zero-order valence-electron chi connectivity index (χ0n) is 18.0. The van der Waals surface area contributed by atoms with Crippen LogP contribution < -0.4 is 9.47 Å². The molecule has 1 aliphatic heterocycles. The van der Waals surface area contributed by atoms with Crippen molar-refractivity contribution in [3.05, 3.63) is 93.7 Å². The number of hydrogen-bond acceptors (Lipinski definition) is 6. The molecule has 4 rings (SSSR count). The largest absolute Gasteiger partial charge is 0.507 e. The van der Waals surface area contributed by atoms with E-state index in [0.717, 1.165) is 10.0 Å². The first kappa shape index (κ1) is 22.5. The van der Waals surface area contributed by atoms with E-state index in [2.05, 4.69) is 20.9 Å². The second-order valence-electron chi connectivity index (χ2n) is 7.41. The van der Waals surface area contributed by atoms with Crippen LogP contribution in [-0.4, -0.2) is 40.9 Å². The molecular formula is C25H21BrN2O5. The highest BCUT2D eigenvalue weighted by atomic mass is 79.9. The van der Waals surface area contributed by atoms with E-state index >= 15 is 0 Å². The number of likely N-dealkylation sites (tertiary alicyclic amines) is 1. The van der Waals surface area contributed by atoms with Crippen molar-refractivity contribution in [1.82, 2.24) is 9.88 Å². The molecule has 0 radical (unpaired) electrons. The summed E-state index contributed by atoms with van der Waals surface area (Å²) in [5.41, 5.74) is 1.81. The molecule has 0 aliphatic carbocycles. The number of amides is 1. The van der Waals surface area contributed by atoms with E-state index in [-0.39, 0.29) is 17.9 Å². The summed E-state index contributed by atoms with van der Waals surface area (Å²) in [6.07, 6.45) is 3.28. The Balaban J connectivity index is 1.88. The molecule has 33 heavy (non-hydrogen) atoms. The van der Waals surface area contributed by atoms with Crippen molar-refractivity contribution >= 4 is 33.4 Å². The third-order valence-electron chi connectivity index (χ3n) is 5.44. The average Bonchev–Trinajstić information content (AvgIpc) is 3.08. The first-order valence-electron chi connectivity index (χ1n) is 10.1. The first-order chi connectivity index (χ1) is 15.9. The Labute approximate surface area is 199 Å². The number of nitrogens with zero attached hydrogens (tertiary/aromatic N) is 2. The maximum Gasteiger partial charge on any atom is 0.295 e. The number of halogens is 1. The maximum absolute atomic E-state index is 13.2. The molecule has 0 bridgehead atoms. The number of rotatable bonds is 6. The average molecular weight is 509 g/mol. The van der Waals surface area contributed by atoms with Gasteiger partial charge in [-0.2, -0.15) is 0 Å². The number of pyridine rings is 1. The number of ketones is 1. The highest BCUT2D eigenvalue weighted by molar-refractivity contribution is 9.10. The van der Waals surface area contributed by atoms with Crippen molar-refractivity contribution in [2.24, 2.45) is 0 Å². The molecule has 0 saturated carbocycles. The number of aliphatic hydroxyl groups is 1. The zero-order chi connectivity index (χ0) is 23.5. The van der Waals surface area contributed by atoms with E-state index in [4.69, 9.17) is 9.47 Å². The fourth-order valence-corrected chi connectivity index (χ4v) is 4.31. The van der Waals surface area contributed by atoms with Gasteiger partial charge in [0.1, 0.15) is 5.76 Å². The number of hydrogen-bond donors (Lipinski definition) is 1. The fourth-order valence-electron chi connectivity index (χ4n) is 3.89. The minimum atomic E-state index is -0.782. The van der Waals surface area contributed by atoms with Crippen molar-refractivity contribution < 1.29 is 24.2 Å². The van der Waals surface area contributed by atoms with E-state index in [1.54, 1.807) is 36.7 Å². The van der Waals surface area contributed by atoms with Crippen LogP contribution in [0, 0.1) is 0 Å². The molecule has 0 unspecified atom stereocenters. The standard InChI is InChI=1S/C25H21BrN2O5/c1-32-19-9-8-17(12-20(19)33-2)23(29)21-22(16-6-3-7-18(26)11-16)28(25(31)24(21)30)14-15-5-4-10-27-13-15/h3-13,22,29H,14H2,1-2H3/t22-/m1/s1. The lowest BCUT2D eigenvalue weighted by molar-refractivity contribution is -0.140. The second-order valence-corrected chi connectivity index (χ2v) is 8.33. The normalized spacial score (nSPS) is 17.3. The molecule has 1 aliphatic rings. The molecule has 8 heteroatoms. The van der Waals surface area contributed by atoms with E-state index in [9.17, 15) is 14.7 Å². The Morgan fingerprint density at radius 1 is 1.06 bits per heavy atom. The Hall–Kier alpha value is -3.65. The maximum atomic E-state index is 13.2. The summed E-state index contributed by atoms with van der Waals surface area (Å²) in [6, 6.07) is 15.0. The molecule has 3 aromatic rings. The van der Waals surface area contributed by atoms with Crippen molar-refractivity contribution in [1.29, 1.82) is 0 Å². The van der Waals surface area contributed by atoms with Crippen LogP contribution in [-0.2, 0) is 16.1 Å². The number of ether oxygens (including phenoxy) is 2. The zero-order valence-corrected chi connectivity index (χ0v) is 19.6. The van der Waals surface area contributed by atoms with Crippen LogP contribution in [0.5, 0.6) is 11.5 Å². The van der Waals surface area contributed by atoms with Gasteiger partial charge in [0.05, 0.1) is 25.8 Å². The molecule has 1 amide bonds. The van der Waals surface area contributed by atoms with Crippen LogP contribution in [0.25, 0.3) is 5.76 Å². The van der Waals surface area contributed by atoms with E-state index in [0.29, 0.717) is 22.6 Å². The third-order valence-corrected chi connectivity index (χ3v) is 5.93. The predicted octanol–water partition coefficient (Wildman–Crippen LogP) is 4.48. The van der Waals surface area contributed by atoms with Crippen LogP contribution >= 0.6 is 15.9 Å². The van der Waals surface area contributed by atoms with Gasteiger partial charge in [-0.3, -0.25) is 14.6 Å². The lowest BCUT2D eigenvalue weighted by Gasteiger charge is -2.25. The molecule has 2 heterocycles. The van der Waals surface area contributed by atoms with Crippen molar-refractivity contribution in [2.45, 2.75) is 12.6 Å². The number of aromatic nitrogens is 1. The number of carbonyl (C=O) groups is 2. The van der Waals surface area contributed by atoms with Crippen LogP contribution in [0.4, 0.5) is 0 Å². The first-order valence-corrected chi connectivity index (χ1v) is 10.9. The van der Waals surface area contributed by atoms with Gasteiger partial charge >= 0.3 is 0 Å². The van der Waals surface area contributed by atoms with Crippen LogP contribution in [0.3, 0.4) is 0 Å². The molecule has 0 spiro atoms. The van der Waals surface area contributed by atoms with Gasteiger partial charge in [-0.05, 0) is 47.5 Å². The lowest BCUT2D eigenvalue weighted by Crippen LogP contribution is -2.29. The highest BCUT2D eigenvalue weighted by Gasteiger charge is 2.46. The predicted molar refractivity (Wildman–Crippen MR) is 126 cm³/mol. The van der Waals surface area contributed by atoms with E-state index in [1.807, 2.05) is 30.3 Å². The third kappa shape index (κ3) is 4.34. The molecule has 168 valence electrons. The molecule has 1 atom stereocenters. The van der Waals surface area contributed by atoms with Gasteiger partial charge in [0.2, 0.25) is 0 Å². The molecular weight excluding hydrogens is 488 g/mol. The Kier molecular flexibility index (Phi) is 6.46. The van der Waals surface area contributed by atoms with Gasteiger partial charge in [-0.15, -0.1) is 0 Å². The quantitative estimate of drug-likeness (QED) is 0.300. The topological polar surface area (TPSA) is 89.0 Å². The van der Waals surface area contributed by atoms with Gasteiger partial charge in [0.15, 0.2) is 11.5 Å². The van der Waals surface area contributed by atoms with Crippen LogP contribution in [0.1, 0.15) is 22.7 Å². The molecule has 7 nitrogen and oxygen atoms in total. The summed E-state index contributed by atoms with van der Waals surface area (Å²) in [6.45, 7) is 0.165. The minimum absolute atomic E-state index is 0.00853. The van der Waals surface area contributed by atoms with E-state index in [1.165, 1.54) is 19.1 Å². The van der Waals surface area contributed by atoms with Crippen LogP contribution in [0.15, 0.2) is 77.0 Å². The van der Waals surface area contributed by atoms with Gasteiger partial charge in [-0.1, -0.05) is 34.1 Å². The highest BCUT2D eigenvalue weighted by Crippen LogP contribution is 2.41. The summed E-state index contributed by atoms with van der Waals surface area (Å²) in [5.74, 6) is -0.852. The summed E-state index contributed by atoms with van der Waals surface area (Å²) >= 11 is 3.46. The fraction of sp³-hybridized carbons (Fsp3) is 0.160. The summed E-state index contributed by atoms with van der Waals surface area (Å²) in [5, 5.41) is 11.2. The summed E-state index contributed by atoms with van der Waals surface area (Å²) < 4.78 is 11.4. The smallest absolute Gasteiger partial charge is 0.295 e. The number of Topliss-reactive ketones (excluding diaryl/α,β-unsaturated/α-hetero) is 1. The lowest BCUT2D eigenvalue weighted by atomic mass is 9.95. The second kappa shape index (κ2) is 9.46. The monoisotopic (exact) mass is 508 g/mol.